The van der Waals surface area contributed by atoms with E-state index in [-0.39, 0.29) is 18.7 Å². The average Bonchev–Trinajstić information content (AvgIpc) is 2.63. The Kier molecular flexibility index (Phi) is 5.41. The van der Waals surface area contributed by atoms with Gasteiger partial charge in [-0.1, -0.05) is 0 Å². The number of carbonyl (C=O) groups excluding carboxylic acids is 1. The number of aliphatic hydroxyl groups is 1. The third kappa shape index (κ3) is 5.23. The molecule has 106 valence electrons. The number of hydrogen-bond acceptors (Lipinski definition) is 4. The summed E-state index contributed by atoms with van der Waals surface area (Å²) in [6.07, 6.45) is 1.44. The van der Waals surface area contributed by atoms with Crippen LogP contribution < -0.4 is 5.32 Å². The summed E-state index contributed by atoms with van der Waals surface area (Å²) in [5.41, 5.74) is -0.438. The van der Waals surface area contributed by atoms with Crippen molar-refractivity contribution in [2.75, 3.05) is 19.7 Å². The minimum absolute atomic E-state index is 0.191. The van der Waals surface area contributed by atoms with Crippen LogP contribution in [0.2, 0.25) is 0 Å². The maximum atomic E-state index is 11.9. The number of ether oxygens (including phenoxy) is 1. The Hall–Kier alpha value is -0.810. The van der Waals surface area contributed by atoms with Gasteiger partial charge in [-0.2, -0.15) is 0 Å². The van der Waals surface area contributed by atoms with Gasteiger partial charge >= 0.3 is 6.09 Å². The molecule has 5 nitrogen and oxygen atoms in total. The van der Waals surface area contributed by atoms with E-state index in [2.05, 4.69) is 5.32 Å². The molecule has 18 heavy (non-hydrogen) atoms. The molecule has 2 N–H and O–H groups in total. The van der Waals surface area contributed by atoms with Crippen molar-refractivity contribution in [2.45, 2.75) is 58.2 Å². The monoisotopic (exact) mass is 258 g/mol. The zero-order valence-corrected chi connectivity index (χ0v) is 11.9. The minimum Gasteiger partial charge on any atom is -0.444 e. The molecule has 2 unspecified atom stereocenters. The van der Waals surface area contributed by atoms with Gasteiger partial charge in [0.1, 0.15) is 5.60 Å². The standard InChI is InChI=1S/C13H26N2O3/c1-10(6-8-16)14-11-5-7-15(9-11)12(17)18-13(2,3)4/h10-11,14,16H,5-9H2,1-4H3. The van der Waals surface area contributed by atoms with Gasteiger partial charge in [-0.25, -0.2) is 4.79 Å². The highest BCUT2D eigenvalue weighted by Crippen LogP contribution is 2.15. The fourth-order valence-corrected chi connectivity index (χ4v) is 2.07. The molecule has 1 fully saturated rings. The highest BCUT2D eigenvalue weighted by atomic mass is 16.6. The highest BCUT2D eigenvalue weighted by Gasteiger charge is 2.29. The highest BCUT2D eigenvalue weighted by molar-refractivity contribution is 5.68. The van der Waals surface area contributed by atoms with Crippen LogP contribution in [0.1, 0.15) is 40.5 Å². The first-order valence-electron chi connectivity index (χ1n) is 6.66. The maximum Gasteiger partial charge on any atom is 0.410 e. The number of likely N-dealkylation sites (tertiary alicyclic amines) is 1. The SMILES string of the molecule is CC(CCO)NC1CCN(C(=O)OC(C)(C)C)C1. The van der Waals surface area contributed by atoms with Crippen LogP contribution in [0.5, 0.6) is 0 Å². The molecule has 0 radical (unpaired) electrons. The Morgan fingerprint density at radius 1 is 1.56 bits per heavy atom. The lowest BCUT2D eigenvalue weighted by atomic mass is 10.2. The normalized spacial score (nSPS) is 22.1. The quantitative estimate of drug-likeness (QED) is 0.799. The van der Waals surface area contributed by atoms with Gasteiger partial charge in [0.25, 0.3) is 0 Å². The van der Waals surface area contributed by atoms with Crippen molar-refractivity contribution in [3.05, 3.63) is 0 Å². The topological polar surface area (TPSA) is 61.8 Å². The molecule has 1 aliphatic rings. The Morgan fingerprint density at radius 2 is 2.22 bits per heavy atom. The van der Waals surface area contributed by atoms with Crippen molar-refractivity contribution < 1.29 is 14.6 Å². The number of rotatable bonds is 4. The number of aliphatic hydroxyl groups excluding tert-OH is 1. The molecule has 0 bridgehead atoms. The lowest BCUT2D eigenvalue weighted by molar-refractivity contribution is 0.0290. The molecule has 1 amide bonds. The summed E-state index contributed by atoms with van der Waals surface area (Å²) in [5, 5.41) is 12.3. The van der Waals surface area contributed by atoms with E-state index in [1.807, 2.05) is 27.7 Å². The van der Waals surface area contributed by atoms with Crippen LogP contribution in [0.4, 0.5) is 4.79 Å². The molecule has 1 heterocycles. The lowest BCUT2D eigenvalue weighted by Crippen LogP contribution is -2.41. The molecule has 0 aromatic rings. The summed E-state index contributed by atoms with van der Waals surface area (Å²) in [5.74, 6) is 0. The largest absolute Gasteiger partial charge is 0.444 e. The predicted octanol–water partition coefficient (Wildman–Crippen LogP) is 1.36. The van der Waals surface area contributed by atoms with Gasteiger partial charge in [-0.3, -0.25) is 0 Å². The lowest BCUT2D eigenvalue weighted by Gasteiger charge is -2.25. The first kappa shape index (κ1) is 15.2. The molecule has 0 aromatic carbocycles. The van der Waals surface area contributed by atoms with Gasteiger partial charge in [0, 0.05) is 31.8 Å². The molecule has 1 rings (SSSR count). The Morgan fingerprint density at radius 3 is 2.78 bits per heavy atom. The molecule has 2 atom stereocenters. The molecule has 0 saturated carbocycles. The van der Waals surface area contributed by atoms with E-state index >= 15 is 0 Å². The summed E-state index contributed by atoms with van der Waals surface area (Å²) in [4.78, 5) is 13.6. The summed E-state index contributed by atoms with van der Waals surface area (Å²) in [7, 11) is 0. The van der Waals surface area contributed by atoms with E-state index in [1.54, 1.807) is 4.90 Å². The zero-order valence-electron chi connectivity index (χ0n) is 11.9. The fourth-order valence-electron chi connectivity index (χ4n) is 2.07. The molecule has 0 aromatic heterocycles. The van der Waals surface area contributed by atoms with Gasteiger partial charge in [0.2, 0.25) is 0 Å². The summed E-state index contributed by atoms with van der Waals surface area (Å²) >= 11 is 0. The van der Waals surface area contributed by atoms with E-state index in [1.165, 1.54) is 0 Å². The Labute approximate surface area is 109 Å². The van der Waals surface area contributed by atoms with Crippen LogP contribution in [0, 0.1) is 0 Å². The molecule has 1 aliphatic heterocycles. The predicted molar refractivity (Wildman–Crippen MR) is 70.5 cm³/mol. The molecular weight excluding hydrogens is 232 g/mol. The van der Waals surface area contributed by atoms with Crippen LogP contribution in [0.25, 0.3) is 0 Å². The Bertz CT molecular complexity index is 276. The van der Waals surface area contributed by atoms with Gasteiger partial charge in [-0.05, 0) is 40.5 Å². The van der Waals surface area contributed by atoms with Crippen molar-refractivity contribution >= 4 is 6.09 Å². The van der Waals surface area contributed by atoms with Crippen molar-refractivity contribution in [3.63, 3.8) is 0 Å². The molecule has 0 aliphatic carbocycles. The van der Waals surface area contributed by atoms with Crippen LogP contribution in [0.15, 0.2) is 0 Å². The van der Waals surface area contributed by atoms with E-state index < -0.39 is 5.60 Å². The van der Waals surface area contributed by atoms with E-state index in [0.717, 1.165) is 19.4 Å². The molecule has 0 spiro atoms. The number of nitrogens with zero attached hydrogens (tertiary/aromatic N) is 1. The van der Waals surface area contributed by atoms with Gasteiger partial charge < -0.3 is 20.1 Å². The summed E-state index contributed by atoms with van der Waals surface area (Å²) in [6.45, 7) is 9.28. The van der Waals surface area contributed by atoms with Crippen LogP contribution in [-0.2, 0) is 4.74 Å². The van der Waals surface area contributed by atoms with E-state index in [0.29, 0.717) is 12.6 Å². The minimum atomic E-state index is -0.438. The summed E-state index contributed by atoms with van der Waals surface area (Å²) in [6, 6.07) is 0.581. The van der Waals surface area contributed by atoms with Gasteiger partial charge in [0.15, 0.2) is 0 Å². The fraction of sp³-hybridized carbons (Fsp3) is 0.923. The van der Waals surface area contributed by atoms with Gasteiger partial charge in [-0.15, -0.1) is 0 Å². The third-order valence-electron chi connectivity index (χ3n) is 2.92. The number of nitrogens with one attached hydrogen (secondary N) is 1. The number of amides is 1. The molecular formula is C13H26N2O3. The van der Waals surface area contributed by atoms with Crippen molar-refractivity contribution in [1.82, 2.24) is 10.2 Å². The van der Waals surface area contributed by atoms with Gasteiger partial charge in [0.05, 0.1) is 0 Å². The van der Waals surface area contributed by atoms with E-state index in [9.17, 15) is 4.79 Å². The second-order valence-electron chi connectivity index (χ2n) is 5.99. The smallest absolute Gasteiger partial charge is 0.410 e. The Balaban J connectivity index is 2.34. The first-order valence-corrected chi connectivity index (χ1v) is 6.66. The van der Waals surface area contributed by atoms with Crippen LogP contribution in [-0.4, -0.2) is 53.5 Å². The van der Waals surface area contributed by atoms with Crippen LogP contribution in [0.3, 0.4) is 0 Å². The van der Waals surface area contributed by atoms with Crippen molar-refractivity contribution in [2.24, 2.45) is 0 Å². The second-order valence-corrected chi connectivity index (χ2v) is 5.99. The summed E-state index contributed by atoms with van der Waals surface area (Å²) < 4.78 is 5.34. The average molecular weight is 258 g/mol. The molecule has 1 saturated heterocycles. The van der Waals surface area contributed by atoms with E-state index in [4.69, 9.17) is 9.84 Å². The van der Waals surface area contributed by atoms with Crippen LogP contribution >= 0.6 is 0 Å². The zero-order chi connectivity index (χ0) is 13.8. The number of hydrogen-bond donors (Lipinski definition) is 2. The van der Waals surface area contributed by atoms with Crippen molar-refractivity contribution in [1.29, 1.82) is 0 Å². The molecule has 5 heteroatoms. The first-order chi connectivity index (χ1) is 8.31. The van der Waals surface area contributed by atoms with Crippen molar-refractivity contribution in [3.8, 4) is 0 Å². The maximum absolute atomic E-state index is 11.9. The second kappa shape index (κ2) is 6.38. The number of carbonyl (C=O) groups is 1. The third-order valence-corrected chi connectivity index (χ3v) is 2.92.